The molecule has 0 amide bonds. The lowest BCUT2D eigenvalue weighted by Crippen LogP contribution is -2.49. The maximum atomic E-state index is 12.2. The third-order valence-corrected chi connectivity index (χ3v) is 3.19. The lowest BCUT2D eigenvalue weighted by molar-refractivity contribution is -0.155. The molecule has 1 aromatic rings. The maximum Gasteiger partial charge on any atom is 0.321 e. The van der Waals surface area contributed by atoms with Crippen LogP contribution in [0.1, 0.15) is 12.5 Å². The zero-order valence-electron chi connectivity index (χ0n) is 10.1. The minimum absolute atomic E-state index is 0.0990. The van der Waals surface area contributed by atoms with Crippen molar-refractivity contribution in [2.45, 2.75) is 24.7 Å². The first-order valence-corrected chi connectivity index (χ1v) is 5.83. The zero-order chi connectivity index (χ0) is 13.2. The van der Waals surface area contributed by atoms with E-state index in [9.17, 15) is 15.0 Å². The summed E-state index contributed by atoms with van der Waals surface area (Å²) in [4.78, 5) is 12.2. The van der Waals surface area contributed by atoms with Crippen LogP contribution in [0.3, 0.4) is 0 Å². The molecular weight excluding hydrogens is 236 g/mol. The van der Waals surface area contributed by atoms with Gasteiger partial charge in [0.25, 0.3) is 0 Å². The van der Waals surface area contributed by atoms with Crippen LogP contribution in [0.5, 0.6) is 0 Å². The number of hydrogen-bond donors (Lipinski definition) is 2. The molecule has 1 aliphatic heterocycles. The molecule has 1 heterocycles. The lowest BCUT2D eigenvalue weighted by Gasteiger charge is -2.29. The van der Waals surface area contributed by atoms with Gasteiger partial charge in [-0.25, -0.2) is 0 Å². The van der Waals surface area contributed by atoms with Crippen LogP contribution in [-0.2, 0) is 19.7 Å². The van der Waals surface area contributed by atoms with E-state index in [1.165, 1.54) is 0 Å². The summed E-state index contributed by atoms with van der Waals surface area (Å²) in [6, 6.07) is 8.74. The molecular formula is C13H16O5. The first kappa shape index (κ1) is 13.0. The second-order valence-electron chi connectivity index (χ2n) is 4.20. The maximum absolute atomic E-state index is 12.2. The summed E-state index contributed by atoms with van der Waals surface area (Å²) in [7, 11) is 0. The van der Waals surface area contributed by atoms with Gasteiger partial charge in [0.2, 0.25) is 0 Å². The number of rotatable bonds is 3. The molecule has 1 fully saturated rings. The van der Waals surface area contributed by atoms with E-state index in [1.807, 2.05) is 0 Å². The van der Waals surface area contributed by atoms with Gasteiger partial charge < -0.3 is 19.7 Å². The zero-order valence-corrected chi connectivity index (χ0v) is 10.1. The Morgan fingerprint density at radius 1 is 1.44 bits per heavy atom. The van der Waals surface area contributed by atoms with E-state index in [0.717, 1.165) is 0 Å². The van der Waals surface area contributed by atoms with Gasteiger partial charge >= 0.3 is 5.97 Å². The molecule has 18 heavy (non-hydrogen) atoms. The topological polar surface area (TPSA) is 76.0 Å². The van der Waals surface area contributed by atoms with Crippen LogP contribution in [0.25, 0.3) is 0 Å². The molecule has 2 rings (SSSR count). The normalized spacial score (nSPS) is 31.3. The van der Waals surface area contributed by atoms with E-state index in [2.05, 4.69) is 0 Å². The Balaban J connectivity index is 2.44. The van der Waals surface area contributed by atoms with Crippen molar-refractivity contribution < 1.29 is 24.5 Å². The molecule has 0 spiro atoms. The number of aliphatic hydroxyl groups is 2. The summed E-state index contributed by atoms with van der Waals surface area (Å²) >= 11 is 0. The highest BCUT2D eigenvalue weighted by molar-refractivity contribution is 5.85. The highest BCUT2D eigenvalue weighted by atomic mass is 16.6. The fourth-order valence-electron chi connectivity index (χ4n) is 2.18. The van der Waals surface area contributed by atoms with Gasteiger partial charge in [-0.05, 0) is 12.5 Å². The summed E-state index contributed by atoms with van der Waals surface area (Å²) in [6.07, 6.45) is -2.71. The first-order chi connectivity index (χ1) is 8.63. The predicted molar refractivity (Wildman–Crippen MR) is 62.7 cm³/mol. The third kappa shape index (κ3) is 1.90. The summed E-state index contributed by atoms with van der Waals surface area (Å²) in [6.45, 7) is 1.80. The summed E-state index contributed by atoms with van der Waals surface area (Å²) in [5.74, 6) is -0.583. The van der Waals surface area contributed by atoms with Gasteiger partial charge in [-0.15, -0.1) is 0 Å². The Morgan fingerprint density at radius 2 is 2.11 bits per heavy atom. The minimum Gasteiger partial charge on any atom is -0.465 e. The molecule has 0 aromatic heterocycles. The van der Waals surface area contributed by atoms with Crippen molar-refractivity contribution in [2.75, 3.05) is 13.2 Å². The molecule has 5 heteroatoms. The van der Waals surface area contributed by atoms with Crippen molar-refractivity contribution in [1.82, 2.24) is 0 Å². The quantitative estimate of drug-likeness (QED) is 0.751. The molecule has 0 saturated carbocycles. The molecule has 0 radical (unpaired) electrons. The number of carbonyl (C=O) groups excluding carboxylic acids is 1. The van der Waals surface area contributed by atoms with Crippen LogP contribution < -0.4 is 0 Å². The van der Waals surface area contributed by atoms with Crippen LogP contribution in [0.2, 0.25) is 0 Å². The lowest BCUT2D eigenvalue weighted by atomic mass is 9.77. The fraction of sp³-hybridized carbons (Fsp3) is 0.462. The van der Waals surface area contributed by atoms with E-state index in [0.29, 0.717) is 5.56 Å². The molecule has 0 aliphatic carbocycles. The van der Waals surface area contributed by atoms with Crippen LogP contribution in [0.4, 0.5) is 0 Å². The van der Waals surface area contributed by atoms with Gasteiger partial charge in [0.1, 0.15) is 11.5 Å². The summed E-state index contributed by atoms with van der Waals surface area (Å²) in [5, 5.41) is 19.6. The highest BCUT2D eigenvalue weighted by Gasteiger charge is 2.56. The molecule has 1 aromatic carbocycles. The van der Waals surface area contributed by atoms with Gasteiger partial charge in [0.05, 0.1) is 13.2 Å². The second-order valence-corrected chi connectivity index (χ2v) is 4.20. The van der Waals surface area contributed by atoms with E-state index < -0.39 is 23.8 Å². The number of benzene rings is 1. The number of hydrogen-bond acceptors (Lipinski definition) is 5. The number of carbonyl (C=O) groups is 1. The molecule has 98 valence electrons. The molecule has 2 N–H and O–H groups in total. The number of esters is 1. The van der Waals surface area contributed by atoms with E-state index >= 15 is 0 Å². The Kier molecular flexibility index (Phi) is 3.65. The van der Waals surface area contributed by atoms with Crippen molar-refractivity contribution >= 4 is 5.97 Å². The third-order valence-electron chi connectivity index (χ3n) is 3.19. The smallest absolute Gasteiger partial charge is 0.321 e. The van der Waals surface area contributed by atoms with Crippen LogP contribution in [-0.4, -0.2) is 41.8 Å². The van der Waals surface area contributed by atoms with Crippen molar-refractivity contribution in [2.24, 2.45) is 0 Å². The van der Waals surface area contributed by atoms with Gasteiger partial charge in [-0.2, -0.15) is 0 Å². The van der Waals surface area contributed by atoms with Gasteiger partial charge in [0, 0.05) is 0 Å². The molecule has 0 bridgehead atoms. The van der Waals surface area contributed by atoms with E-state index in [4.69, 9.17) is 9.47 Å². The second kappa shape index (κ2) is 5.06. The summed E-state index contributed by atoms with van der Waals surface area (Å²) < 4.78 is 10.0. The monoisotopic (exact) mass is 252 g/mol. The van der Waals surface area contributed by atoms with Crippen LogP contribution >= 0.6 is 0 Å². The Bertz CT molecular complexity index is 419. The van der Waals surface area contributed by atoms with E-state index in [1.54, 1.807) is 37.3 Å². The first-order valence-electron chi connectivity index (χ1n) is 5.83. The van der Waals surface area contributed by atoms with Gasteiger partial charge in [-0.3, -0.25) is 4.79 Å². The Hall–Kier alpha value is -1.43. The SMILES string of the molecule is CCOC(=O)[C@@]1(c2ccccc2)COC(O)[C@@H]1O. The Morgan fingerprint density at radius 3 is 2.61 bits per heavy atom. The number of ether oxygens (including phenoxy) is 2. The van der Waals surface area contributed by atoms with Crippen molar-refractivity contribution in [3.8, 4) is 0 Å². The molecule has 1 saturated heterocycles. The van der Waals surface area contributed by atoms with Crippen molar-refractivity contribution in [3.63, 3.8) is 0 Å². The number of aliphatic hydroxyl groups excluding tert-OH is 2. The largest absolute Gasteiger partial charge is 0.465 e. The predicted octanol–water partition coefficient (Wildman–Crippen LogP) is 0.197. The average molecular weight is 252 g/mol. The highest BCUT2D eigenvalue weighted by Crippen LogP contribution is 2.37. The summed E-state index contributed by atoms with van der Waals surface area (Å²) in [5.41, 5.74) is -0.774. The van der Waals surface area contributed by atoms with Gasteiger partial charge in [-0.1, -0.05) is 30.3 Å². The van der Waals surface area contributed by atoms with Gasteiger partial charge in [0.15, 0.2) is 6.29 Å². The Labute approximate surface area is 105 Å². The van der Waals surface area contributed by atoms with Crippen LogP contribution in [0, 0.1) is 0 Å². The van der Waals surface area contributed by atoms with Crippen LogP contribution in [0.15, 0.2) is 30.3 Å². The fourth-order valence-corrected chi connectivity index (χ4v) is 2.18. The molecule has 1 aliphatic rings. The molecule has 5 nitrogen and oxygen atoms in total. The molecule has 1 unspecified atom stereocenters. The van der Waals surface area contributed by atoms with E-state index in [-0.39, 0.29) is 13.2 Å². The average Bonchev–Trinajstić information content (AvgIpc) is 2.69. The minimum atomic E-state index is -1.38. The molecule has 3 atom stereocenters. The standard InChI is InChI=1S/C13H16O5/c1-2-17-12(16)13(8-18-11(15)10(13)14)9-6-4-3-5-7-9/h3-7,10-11,14-15H,2,8H2,1H3/t10-,11?,13+/m0/s1. The van der Waals surface area contributed by atoms with Crippen molar-refractivity contribution in [3.05, 3.63) is 35.9 Å². The van der Waals surface area contributed by atoms with Crippen molar-refractivity contribution in [1.29, 1.82) is 0 Å².